The van der Waals surface area contributed by atoms with Gasteiger partial charge in [0.1, 0.15) is 16.8 Å². The van der Waals surface area contributed by atoms with Crippen molar-refractivity contribution < 1.29 is 0 Å². The van der Waals surface area contributed by atoms with Gasteiger partial charge in [0, 0.05) is 22.0 Å². The Bertz CT molecular complexity index is 1070. The minimum atomic E-state index is 0.352. The van der Waals surface area contributed by atoms with Crippen LogP contribution < -0.4 is 5.32 Å². The van der Waals surface area contributed by atoms with E-state index in [1.807, 2.05) is 11.4 Å². The molecule has 0 atom stereocenters. The quantitative estimate of drug-likeness (QED) is 0.466. The summed E-state index contributed by atoms with van der Waals surface area (Å²) in [4.78, 5) is 13.5. The highest BCUT2D eigenvalue weighted by atomic mass is 35.5. The maximum absolute atomic E-state index is 6.30. The lowest BCUT2D eigenvalue weighted by molar-refractivity contribution is 0.983. The van der Waals surface area contributed by atoms with E-state index in [-0.39, 0.29) is 0 Å². The van der Waals surface area contributed by atoms with E-state index in [2.05, 4.69) is 25.4 Å². The largest absolute Gasteiger partial charge is 0.307 e. The first-order chi connectivity index (χ1) is 12.0. The van der Waals surface area contributed by atoms with E-state index >= 15 is 0 Å². The van der Waals surface area contributed by atoms with Crippen molar-refractivity contribution in [3.05, 3.63) is 50.7 Å². The molecule has 0 spiro atoms. The molecule has 0 saturated carbocycles. The summed E-state index contributed by atoms with van der Waals surface area (Å²) < 4.78 is 1.72. The molecule has 6 nitrogen and oxygen atoms in total. The number of halogens is 3. The topological polar surface area (TPSA) is 68.0 Å². The van der Waals surface area contributed by atoms with Gasteiger partial charge in [-0.1, -0.05) is 34.8 Å². The molecule has 0 bridgehead atoms. The van der Waals surface area contributed by atoms with Crippen molar-refractivity contribution in [2.45, 2.75) is 6.92 Å². The van der Waals surface area contributed by atoms with E-state index in [4.69, 9.17) is 34.8 Å². The van der Waals surface area contributed by atoms with Gasteiger partial charge in [0.15, 0.2) is 0 Å². The van der Waals surface area contributed by atoms with Crippen LogP contribution in [0.4, 0.5) is 11.8 Å². The molecule has 0 unspecified atom stereocenters. The molecule has 3 aromatic heterocycles. The van der Waals surface area contributed by atoms with Crippen LogP contribution in [0.3, 0.4) is 0 Å². The van der Waals surface area contributed by atoms with E-state index in [1.54, 1.807) is 29.6 Å². The van der Waals surface area contributed by atoms with Gasteiger partial charge >= 0.3 is 0 Å². The summed E-state index contributed by atoms with van der Waals surface area (Å²) in [5.41, 5.74) is 1.66. The molecule has 0 aliphatic rings. The van der Waals surface area contributed by atoms with E-state index in [0.29, 0.717) is 32.8 Å². The van der Waals surface area contributed by atoms with E-state index in [0.717, 1.165) is 16.2 Å². The lowest BCUT2D eigenvalue weighted by Crippen LogP contribution is -1.99. The molecule has 1 aromatic carbocycles. The van der Waals surface area contributed by atoms with Gasteiger partial charge in [0.25, 0.3) is 0 Å². The minimum absolute atomic E-state index is 0.352. The van der Waals surface area contributed by atoms with Crippen LogP contribution in [0.15, 0.2) is 29.6 Å². The smallest absolute Gasteiger partial charge is 0.249 e. The van der Waals surface area contributed by atoms with Crippen LogP contribution in [0.1, 0.15) is 5.82 Å². The second kappa shape index (κ2) is 6.42. The molecule has 1 N–H and O–H groups in total. The van der Waals surface area contributed by atoms with Crippen molar-refractivity contribution in [3.63, 3.8) is 0 Å². The number of aromatic nitrogens is 5. The summed E-state index contributed by atoms with van der Waals surface area (Å²) in [6.45, 7) is 1.76. The minimum Gasteiger partial charge on any atom is -0.307 e. The summed E-state index contributed by atoms with van der Waals surface area (Å²) in [5.74, 6) is 1.50. The fourth-order valence-corrected chi connectivity index (χ4v) is 3.88. The Kier molecular flexibility index (Phi) is 4.24. The molecule has 25 heavy (non-hydrogen) atoms. The van der Waals surface area contributed by atoms with Crippen LogP contribution in [0.5, 0.6) is 0 Å². The molecule has 4 rings (SSSR count). The van der Waals surface area contributed by atoms with Crippen molar-refractivity contribution >= 4 is 62.9 Å². The SMILES string of the molecule is Cc1nc(Cl)cc(Nc2nc3scc(-c4ccc(Cl)cc4Cl)n3n2)n1. The Morgan fingerprint density at radius 1 is 1.08 bits per heavy atom. The fraction of sp³-hybridized carbons (Fsp3) is 0.0667. The third-order valence-corrected chi connectivity index (χ3v) is 4.89. The molecule has 10 heteroatoms. The van der Waals surface area contributed by atoms with E-state index in [9.17, 15) is 0 Å². The van der Waals surface area contributed by atoms with Crippen LogP contribution in [0.2, 0.25) is 15.2 Å². The Balaban J connectivity index is 1.73. The van der Waals surface area contributed by atoms with Crippen LogP contribution in [0, 0.1) is 6.92 Å². The average molecular weight is 412 g/mol. The van der Waals surface area contributed by atoms with Gasteiger partial charge in [-0.15, -0.1) is 16.4 Å². The number of anilines is 2. The summed E-state index contributed by atoms with van der Waals surface area (Å²) in [5, 5.41) is 10.9. The zero-order valence-electron chi connectivity index (χ0n) is 12.7. The Hall–Kier alpha value is -1.93. The molecular formula is C15H9Cl3N6S. The van der Waals surface area contributed by atoms with E-state index in [1.165, 1.54) is 11.3 Å². The number of nitrogens with zero attached hydrogens (tertiary/aromatic N) is 5. The van der Waals surface area contributed by atoms with Crippen LogP contribution in [-0.2, 0) is 0 Å². The first-order valence-electron chi connectivity index (χ1n) is 7.07. The first-order valence-corrected chi connectivity index (χ1v) is 9.09. The summed E-state index contributed by atoms with van der Waals surface area (Å²) in [7, 11) is 0. The zero-order valence-corrected chi connectivity index (χ0v) is 15.7. The molecule has 0 fully saturated rings. The van der Waals surface area contributed by atoms with Crippen molar-refractivity contribution in [2.24, 2.45) is 0 Å². The second-order valence-corrected chi connectivity index (χ2v) is 7.19. The third kappa shape index (κ3) is 3.28. The van der Waals surface area contributed by atoms with Gasteiger partial charge in [-0.05, 0) is 25.1 Å². The zero-order chi connectivity index (χ0) is 17.6. The molecular weight excluding hydrogens is 403 g/mol. The second-order valence-electron chi connectivity index (χ2n) is 5.12. The summed E-state index contributed by atoms with van der Waals surface area (Å²) >= 11 is 19.7. The number of thiazole rings is 1. The molecule has 0 radical (unpaired) electrons. The van der Waals surface area contributed by atoms with Crippen molar-refractivity contribution in [2.75, 3.05) is 5.32 Å². The van der Waals surface area contributed by atoms with Crippen molar-refractivity contribution in [1.82, 2.24) is 24.6 Å². The highest BCUT2D eigenvalue weighted by Crippen LogP contribution is 2.33. The molecule has 0 aliphatic heterocycles. The maximum Gasteiger partial charge on any atom is 0.249 e. The van der Waals surface area contributed by atoms with Gasteiger partial charge in [0.2, 0.25) is 10.9 Å². The molecule has 0 amide bonds. The number of hydrogen-bond donors (Lipinski definition) is 1. The number of rotatable bonds is 3. The lowest BCUT2D eigenvalue weighted by Gasteiger charge is -2.03. The Morgan fingerprint density at radius 2 is 1.92 bits per heavy atom. The molecule has 4 aromatic rings. The van der Waals surface area contributed by atoms with Crippen molar-refractivity contribution in [1.29, 1.82) is 0 Å². The van der Waals surface area contributed by atoms with Gasteiger partial charge in [-0.3, -0.25) is 0 Å². The monoisotopic (exact) mass is 410 g/mol. The van der Waals surface area contributed by atoms with E-state index < -0.39 is 0 Å². The molecule has 126 valence electrons. The molecule has 0 saturated heterocycles. The first kappa shape index (κ1) is 16.5. The number of aryl methyl sites for hydroxylation is 1. The Labute approximate surface area is 161 Å². The third-order valence-electron chi connectivity index (χ3n) is 3.34. The highest BCUT2D eigenvalue weighted by Gasteiger charge is 2.14. The van der Waals surface area contributed by atoms with Gasteiger partial charge in [-0.2, -0.15) is 4.98 Å². The van der Waals surface area contributed by atoms with Crippen LogP contribution in [0.25, 0.3) is 16.2 Å². The fourth-order valence-electron chi connectivity index (χ4n) is 2.33. The van der Waals surface area contributed by atoms with Gasteiger partial charge < -0.3 is 5.32 Å². The van der Waals surface area contributed by atoms with Crippen LogP contribution >= 0.6 is 46.1 Å². The standard InChI is InChI=1S/C15H9Cl3N6S/c1-7-19-12(18)5-13(20-7)21-14-22-15-24(23-14)11(6-25-15)9-3-2-8(16)4-10(9)17/h2-6H,1H3,(H,19,20,21,23). The number of benzene rings is 1. The summed E-state index contributed by atoms with van der Waals surface area (Å²) in [6, 6.07) is 6.95. The highest BCUT2D eigenvalue weighted by molar-refractivity contribution is 7.15. The molecule has 0 aliphatic carbocycles. The molecule has 3 heterocycles. The van der Waals surface area contributed by atoms with Crippen LogP contribution in [-0.4, -0.2) is 24.6 Å². The summed E-state index contributed by atoms with van der Waals surface area (Å²) in [6.07, 6.45) is 0. The van der Waals surface area contributed by atoms with Gasteiger partial charge in [0.05, 0.1) is 10.7 Å². The lowest BCUT2D eigenvalue weighted by atomic mass is 10.2. The Morgan fingerprint density at radius 3 is 2.68 bits per heavy atom. The number of hydrogen-bond acceptors (Lipinski definition) is 6. The predicted molar refractivity (Wildman–Crippen MR) is 101 cm³/mol. The van der Waals surface area contributed by atoms with Crippen molar-refractivity contribution in [3.8, 4) is 11.3 Å². The number of fused-ring (bicyclic) bond motifs is 1. The normalized spacial score (nSPS) is 11.2. The van der Waals surface area contributed by atoms with Gasteiger partial charge in [-0.25, -0.2) is 14.5 Å². The number of nitrogens with one attached hydrogen (secondary N) is 1. The maximum atomic E-state index is 6.30. The average Bonchev–Trinajstić information content (AvgIpc) is 3.06. The predicted octanol–water partition coefficient (Wildman–Crippen LogP) is 5.26.